The molecule has 0 saturated carbocycles. The van der Waals surface area contributed by atoms with Gasteiger partial charge in [-0.05, 0) is 42.0 Å². The maximum absolute atomic E-state index is 12.6. The number of anilines is 1. The van der Waals surface area contributed by atoms with Gasteiger partial charge >= 0.3 is 0 Å². The van der Waals surface area contributed by atoms with Crippen molar-refractivity contribution < 1.29 is 14.3 Å². The fraction of sp³-hybridized carbons (Fsp3) is 0.0435. The van der Waals surface area contributed by atoms with Gasteiger partial charge in [0.1, 0.15) is 12.4 Å². The standard InChI is InChI=1S/C23H15Cl2NO3/c24-19-10-5-14(11-20(19)25)13-29-16-8-6-15(7-9-16)26-21-12-22(27)17-3-1-2-4-18(17)23(21)28/h1-12,26H,13H2. The lowest BCUT2D eigenvalue weighted by molar-refractivity contribution is 0.0985. The molecule has 4 nitrogen and oxygen atoms in total. The molecule has 3 aromatic rings. The highest BCUT2D eigenvalue weighted by Gasteiger charge is 2.25. The SMILES string of the molecule is O=C1C=C(Nc2ccc(OCc3ccc(Cl)c(Cl)c3)cc2)C(=O)c2ccccc21. The normalized spacial score (nSPS) is 13.0. The third kappa shape index (κ3) is 4.19. The van der Waals surface area contributed by atoms with E-state index in [2.05, 4.69) is 5.32 Å². The predicted octanol–water partition coefficient (Wildman–Crippen LogP) is 5.95. The first-order chi connectivity index (χ1) is 14.0. The molecule has 0 fully saturated rings. The number of allylic oxidation sites excluding steroid dienone is 2. The van der Waals surface area contributed by atoms with Crippen molar-refractivity contribution in [3.05, 3.63) is 105 Å². The fourth-order valence-corrected chi connectivity index (χ4v) is 3.32. The molecule has 0 radical (unpaired) electrons. The van der Waals surface area contributed by atoms with Crippen LogP contribution in [0.4, 0.5) is 5.69 Å². The molecule has 0 amide bonds. The number of carbonyl (C=O) groups is 2. The maximum atomic E-state index is 12.6. The molecule has 0 aromatic heterocycles. The van der Waals surface area contributed by atoms with Gasteiger partial charge in [0.05, 0.1) is 15.7 Å². The van der Waals surface area contributed by atoms with Gasteiger partial charge in [0, 0.05) is 22.9 Å². The summed E-state index contributed by atoms with van der Waals surface area (Å²) in [4.78, 5) is 24.9. The molecule has 6 heteroatoms. The lowest BCUT2D eigenvalue weighted by Gasteiger charge is -2.16. The van der Waals surface area contributed by atoms with E-state index < -0.39 is 0 Å². The van der Waals surface area contributed by atoms with Crippen LogP contribution in [0, 0.1) is 0 Å². The van der Waals surface area contributed by atoms with E-state index in [4.69, 9.17) is 27.9 Å². The third-order valence-corrected chi connectivity index (χ3v) is 5.22. The number of hydrogen-bond acceptors (Lipinski definition) is 4. The summed E-state index contributed by atoms with van der Waals surface area (Å²) in [5.74, 6) is 0.261. The summed E-state index contributed by atoms with van der Waals surface area (Å²) in [5, 5.41) is 4.00. The minimum absolute atomic E-state index is 0.190. The predicted molar refractivity (Wildman–Crippen MR) is 114 cm³/mol. The summed E-state index contributed by atoms with van der Waals surface area (Å²) in [5.41, 5.74) is 2.66. The van der Waals surface area contributed by atoms with E-state index in [0.717, 1.165) is 5.56 Å². The molecule has 0 spiro atoms. The molecule has 29 heavy (non-hydrogen) atoms. The first-order valence-electron chi connectivity index (χ1n) is 8.85. The van der Waals surface area contributed by atoms with E-state index in [9.17, 15) is 9.59 Å². The molecule has 0 saturated heterocycles. The number of Topliss-reactive ketones (excluding diaryl/α,β-unsaturated/α-hetero) is 1. The van der Waals surface area contributed by atoms with Crippen molar-refractivity contribution in [1.29, 1.82) is 0 Å². The third-order valence-electron chi connectivity index (χ3n) is 4.48. The average molecular weight is 424 g/mol. The number of nitrogens with one attached hydrogen (secondary N) is 1. The Bertz CT molecular complexity index is 1140. The largest absolute Gasteiger partial charge is 0.489 e. The first-order valence-corrected chi connectivity index (χ1v) is 9.60. The molecule has 0 aliphatic heterocycles. The van der Waals surface area contributed by atoms with Crippen LogP contribution in [-0.2, 0) is 6.61 Å². The van der Waals surface area contributed by atoms with Crippen molar-refractivity contribution >= 4 is 40.5 Å². The van der Waals surface area contributed by atoms with Crippen LogP contribution in [0.2, 0.25) is 10.0 Å². The van der Waals surface area contributed by atoms with Crippen LogP contribution in [0.3, 0.4) is 0 Å². The van der Waals surface area contributed by atoms with Gasteiger partial charge in [-0.3, -0.25) is 9.59 Å². The topological polar surface area (TPSA) is 55.4 Å². The molecular weight excluding hydrogens is 409 g/mol. The highest BCUT2D eigenvalue weighted by Crippen LogP contribution is 2.25. The lowest BCUT2D eigenvalue weighted by Crippen LogP contribution is -2.21. The number of ether oxygens (including phenoxy) is 1. The summed E-state index contributed by atoms with van der Waals surface area (Å²) in [6.07, 6.45) is 1.33. The zero-order chi connectivity index (χ0) is 20.4. The molecule has 0 bridgehead atoms. The minimum atomic E-state index is -0.208. The number of halogens is 2. The van der Waals surface area contributed by atoms with Crippen LogP contribution in [0.5, 0.6) is 5.75 Å². The Balaban J connectivity index is 1.43. The van der Waals surface area contributed by atoms with Gasteiger partial charge in [0.25, 0.3) is 0 Å². The van der Waals surface area contributed by atoms with E-state index in [0.29, 0.717) is 39.2 Å². The average Bonchev–Trinajstić information content (AvgIpc) is 2.74. The molecule has 0 atom stereocenters. The fourth-order valence-electron chi connectivity index (χ4n) is 2.99. The van der Waals surface area contributed by atoms with Gasteiger partial charge in [-0.2, -0.15) is 0 Å². The van der Waals surface area contributed by atoms with E-state index in [1.165, 1.54) is 6.08 Å². The van der Waals surface area contributed by atoms with Crippen molar-refractivity contribution in [2.75, 3.05) is 5.32 Å². The molecule has 1 N–H and O–H groups in total. The molecule has 4 rings (SSSR count). The molecule has 1 aliphatic rings. The summed E-state index contributed by atoms with van der Waals surface area (Å²) < 4.78 is 5.75. The van der Waals surface area contributed by atoms with Gasteiger partial charge < -0.3 is 10.1 Å². The summed E-state index contributed by atoms with van der Waals surface area (Å²) in [6.45, 7) is 0.346. The van der Waals surface area contributed by atoms with Crippen molar-refractivity contribution in [1.82, 2.24) is 0 Å². The zero-order valence-electron chi connectivity index (χ0n) is 15.1. The van der Waals surface area contributed by atoms with Crippen LogP contribution in [-0.4, -0.2) is 11.6 Å². The summed E-state index contributed by atoms with van der Waals surface area (Å²) in [6, 6.07) is 19.3. The van der Waals surface area contributed by atoms with Gasteiger partial charge in [-0.15, -0.1) is 0 Å². The lowest BCUT2D eigenvalue weighted by atomic mass is 9.92. The molecule has 0 heterocycles. The second-order valence-corrected chi connectivity index (χ2v) is 7.30. The number of rotatable bonds is 5. The number of benzene rings is 3. The zero-order valence-corrected chi connectivity index (χ0v) is 16.6. The number of hydrogen-bond donors (Lipinski definition) is 1. The molecule has 3 aromatic carbocycles. The first kappa shape index (κ1) is 19.2. The van der Waals surface area contributed by atoms with E-state index in [-0.39, 0.29) is 17.3 Å². The monoisotopic (exact) mass is 423 g/mol. The van der Waals surface area contributed by atoms with Crippen molar-refractivity contribution in [3.8, 4) is 5.75 Å². The Morgan fingerprint density at radius 1 is 0.828 bits per heavy atom. The van der Waals surface area contributed by atoms with Crippen LogP contribution in [0.15, 0.2) is 78.5 Å². The summed E-state index contributed by atoms with van der Waals surface area (Å²) >= 11 is 11.9. The second-order valence-electron chi connectivity index (χ2n) is 6.48. The van der Waals surface area contributed by atoms with Crippen LogP contribution in [0.1, 0.15) is 26.3 Å². The van der Waals surface area contributed by atoms with E-state index in [1.807, 2.05) is 6.07 Å². The van der Waals surface area contributed by atoms with Gasteiger partial charge in [0.15, 0.2) is 5.78 Å². The second kappa shape index (κ2) is 8.11. The van der Waals surface area contributed by atoms with Crippen molar-refractivity contribution in [3.63, 3.8) is 0 Å². The summed E-state index contributed by atoms with van der Waals surface area (Å²) in [7, 11) is 0. The smallest absolute Gasteiger partial charge is 0.210 e. The Kier molecular flexibility index (Phi) is 5.38. The van der Waals surface area contributed by atoms with Gasteiger partial charge in [0.2, 0.25) is 5.78 Å². The quantitative estimate of drug-likeness (QED) is 0.550. The van der Waals surface area contributed by atoms with Crippen molar-refractivity contribution in [2.45, 2.75) is 6.61 Å². The van der Waals surface area contributed by atoms with Gasteiger partial charge in [-0.1, -0.05) is 53.5 Å². The Morgan fingerprint density at radius 2 is 1.55 bits per heavy atom. The van der Waals surface area contributed by atoms with Crippen LogP contribution < -0.4 is 10.1 Å². The Morgan fingerprint density at radius 3 is 2.28 bits per heavy atom. The number of ketones is 2. The van der Waals surface area contributed by atoms with E-state index >= 15 is 0 Å². The highest BCUT2D eigenvalue weighted by atomic mass is 35.5. The van der Waals surface area contributed by atoms with Crippen LogP contribution in [0.25, 0.3) is 0 Å². The Labute approximate surface area is 177 Å². The van der Waals surface area contributed by atoms with Crippen LogP contribution >= 0.6 is 23.2 Å². The molecule has 144 valence electrons. The Hall–Kier alpha value is -3.08. The van der Waals surface area contributed by atoms with Crippen molar-refractivity contribution in [2.24, 2.45) is 0 Å². The molecule has 1 aliphatic carbocycles. The van der Waals surface area contributed by atoms with E-state index in [1.54, 1.807) is 60.7 Å². The maximum Gasteiger partial charge on any atom is 0.210 e. The van der Waals surface area contributed by atoms with Gasteiger partial charge in [-0.25, -0.2) is 0 Å². The number of fused-ring (bicyclic) bond motifs is 1. The highest BCUT2D eigenvalue weighted by molar-refractivity contribution is 6.42. The molecule has 0 unspecified atom stereocenters. The minimum Gasteiger partial charge on any atom is -0.489 e. The molecular formula is C23H15Cl2NO3. The number of carbonyl (C=O) groups excluding carboxylic acids is 2.